The Morgan fingerprint density at radius 1 is 1.09 bits per heavy atom. The van der Waals surface area contributed by atoms with Gasteiger partial charge in [-0.05, 0) is 36.1 Å². The highest BCUT2D eigenvalue weighted by molar-refractivity contribution is 6.06. The largest absolute Gasteiger partial charge is 0.464 e. The van der Waals surface area contributed by atoms with Crippen LogP contribution in [0.1, 0.15) is 54.3 Å². The van der Waals surface area contributed by atoms with Gasteiger partial charge in [-0.1, -0.05) is 26.8 Å². The second kappa shape index (κ2) is 7.38. The number of furan rings is 1. The number of amides is 1. The van der Waals surface area contributed by atoms with Crippen LogP contribution in [0.3, 0.4) is 0 Å². The summed E-state index contributed by atoms with van der Waals surface area (Å²) in [5, 5.41) is 6.18. The van der Waals surface area contributed by atoms with Gasteiger partial charge in [0.25, 0.3) is 16.8 Å². The second-order valence-electron chi connectivity index (χ2n) is 9.18. The molecule has 8 nitrogen and oxygen atoms in total. The Kier molecular flexibility index (Phi) is 4.93. The van der Waals surface area contributed by atoms with E-state index in [0.29, 0.717) is 34.8 Å². The molecule has 0 unspecified atom stereocenters. The number of hydrogen-bond acceptors (Lipinski definition) is 6. The van der Waals surface area contributed by atoms with Gasteiger partial charge >= 0.3 is 0 Å². The molecular weight excluding hydrogens is 408 g/mol. The number of nitrogens with one attached hydrogen (secondary N) is 2. The van der Waals surface area contributed by atoms with Crippen molar-refractivity contribution in [3.63, 3.8) is 0 Å². The van der Waals surface area contributed by atoms with Crippen molar-refractivity contribution in [1.29, 1.82) is 0 Å². The molecule has 2 aromatic carbocycles. The second-order valence-corrected chi connectivity index (χ2v) is 9.18. The normalized spacial score (nSPS) is 14.4. The van der Waals surface area contributed by atoms with Gasteiger partial charge in [0.2, 0.25) is 0 Å². The maximum atomic E-state index is 12.7. The van der Waals surface area contributed by atoms with Gasteiger partial charge < -0.3 is 20.0 Å². The molecular formula is C24H24N4O4. The smallest absolute Gasteiger partial charge is 0.255 e. The molecule has 0 saturated carbocycles. The quantitative estimate of drug-likeness (QED) is 0.462. The van der Waals surface area contributed by atoms with E-state index in [1.165, 1.54) is 4.90 Å². The fourth-order valence-electron chi connectivity index (χ4n) is 4.00. The Balaban J connectivity index is 1.72. The van der Waals surface area contributed by atoms with Gasteiger partial charge in [0.15, 0.2) is 5.69 Å². The van der Waals surface area contributed by atoms with E-state index in [1.807, 2.05) is 39.8 Å². The van der Waals surface area contributed by atoms with Gasteiger partial charge in [0.1, 0.15) is 22.9 Å². The van der Waals surface area contributed by atoms with Gasteiger partial charge in [0, 0.05) is 19.3 Å². The van der Waals surface area contributed by atoms with Gasteiger partial charge in [0.05, 0.1) is 18.2 Å². The molecule has 2 heterocycles. The lowest BCUT2D eigenvalue weighted by atomic mass is 9.85. The van der Waals surface area contributed by atoms with Crippen molar-refractivity contribution < 1.29 is 9.21 Å². The Bertz CT molecular complexity index is 1350. The Labute approximate surface area is 185 Å². The summed E-state index contributed by atoms with van der Waals surface area (Å²) in [6, 6.07) is 6.55. The third-order valence-corrected chi connectivity index (χ3v) is 5.73. The first-order valence-electron chi connectivity index (χ1n) is 10.2. The molecule has 1 aromatic heterocycles. The minimum absolute atomic E-state index is 0.104. The first kappa shape index (κ1) is 21.4. The first-order valence-corrected chi connectivity index (χ1v) is 10.2. The molecule has 1 aliphatic rings. The van der Waals surface area contributed by atoms with Crippen LogP contribution in [-0.2, 0) is 6.54 Å². The lowest BCUT2D eigenvalue weighted by Gasteiger charge is -2.31. The average molecular weight is 432 g/mol. The van der Waals surface area contributed by atoms with E-state index in [2.05, 4.69) is 15.5 Å². The molecule has 0 spiro atoms. The monoisotopic (exact) mass is 432 g/mol. The van der Waals surface area contributed by atoms with E-state index in [0.717, 1.165) is 5.76 Å². The van der Waals surface area contributed by atoms with E-state index in [1.54, 1.807) is 19.2 Å². The summed E-state index contributed by atoms with van der Waals surface area (Å²) in [6.07, 6.45) is 0. The molecule has 0 bridgehead atoms. The zero-order chi connectivity index (χ0) is 23.4. The summed E-state index contributed by atoms with van der Waals surface area (Å²) >= 11 is 0. The minimum Gasteiger partial charge on any atom is -0.464 e. The molecule has 3 aromatic rings. The van der Waals surface area contributed by atoms with Crippen molar-refractivity contribution in [2.45, 2.75) is 40.3 Å². The zero-order valence-electron chi connectivity index (χ0n) is 18.6. The highest BCUT2D eigenvalue weighted by Crippen LogP contribution is 2.40. The van der Waals surface area contributed by atoms with Crippen LogP contribution in [-0.4, -0.2) is 17.9 Å². The summed E-state index contributed by atoms with van der Waals surface area (Å²) in [6.45, 7) is 15.5. The van der Waals surface area contributed by atoms with Crippen LogP contribution in [0.15, 0.2) is 38.3 Å². The van der Waals surface area contributed by atoms with Crippen molar-refractivity contribution in [2.75, 3.05) is 17.7 Å². The third kappa shape index (κ3) is 3.36. The predicted octanol–water partition coefficient (Wildman–Crippen LogP) is 4.26. The Morgan fingerprint density at radius 3 is 2.38 bits per heavy atom. The molecule has 0 radical (unpaired) electrons. The lowest BCUT2D eigenvalue weighted by Crippen LogP contribution is -2.39. The standard InChI is InChI=1S/C24H24N4O4/c1-12-7-10-16(32-12)22(24(2,3)4)27-19-18(20(29)21(19)30)26-15-9-8-14(25-5)13-11-28(6)23(31)17(13)15/h7-10,22,26-27H,11H2,1-4,6H3/t22-/m0/s1. The number of fused-ring (bicyclic) bond motifs is 1. The van der Waals surface area contributed by atoms with Crippen molar-refractivity contribution >= 4 is 28.7 Å². The average Bonchev–Trinajstić information content (AvgIpc) is 3.29. The number of anilines is 3. The molecule has 0 saturated heterocycles. The van der Waals surface area contributed by atoms with Crippen LogP contribution in [0.25, 0.3) is 4.85 Å². The summed E-state index contributed by atoms with van der Waals surface area (Å²) in [7, 11) is 1.66. The Morgan fingerprint density at radius 2 is 1.78 bits per heavy atom. The topological polar surface area (TPSA) is 96.0 Å². The van der Waals surface area contributed by atoms with E-state index >= 15 is 0 Å². The molecule has 1 amide bonds. The van der Waals surface area contributed by atoms with Gasteiger partial charge in [-0.15, -0.1) is 0 Å². The van der Waals surface area contributed by atoms with Crippen LogP contribution in [0, 0.1) is 18.9 Å². The third-order valence-electron chi connectivity index (χ3n) is 5.73. The molecule has 1 aliphatic heterocycles. The van der Waals surface area contributed by atoms with Crippen LogP contribution >= 0.6 is 0 Å². The lowest BCUT2D eigenvalue weighted by molar-refractivity contribution is 0.0817. The fourth-order valence-corrected chi connectivity index (χ4v) is 4.00. The van der Waals surface area contributed by atoms with Gasteiger partial charge in [-0.2, -0.15) is 0 Å². The molecule has 0 aliphatic carbocycles. The van der Waals surface area contributed by atoms with Crippen LogP contribution in [0.2, 0.25) is 0 Å². The maximum absolute atomic E-state index is 12.7. The van der Waals surface area contributed by atoms with Crippen molar-refractivity contribution in [2.24, 2.45) is 5.41 Å². The maximum Gasteiger partial charge on any atom is 0.255 e. The molecule has 1 atom stereocenters. The zero-order valence-corrected chi connectivity index (χ0v) is 18.6. The molecule has 32 heavy (non-hydrogen) atoms. The summed E-state index contributed by atoms with van der Waals surface area (Å²) in [4.78, 5) is 42.6. The van der Waals surface area contributed by atoms with Gasteiger partial charge in [-0.3, -0.25) is 14.4 Å². The van der Waals surface area contributed by atoms with Gasteiger partial charge in [-0.25, -0.2) is 4.85 Å². The molecule has 8 heteroatoms. The minimum atomic E-state index is -0.655. The number of rotatable bonds is 5. The highest BCUT2D eigenvalue weighted by atomic mass is 16.3. The van der Waals surface area contributed by atoms with E-state index in [4.69, 9.17) is 11.0 Å². The van der Waals surface area contributed by atoms with Crippen LogP contribution in [0.4, 0.5) is 22.7 Å². The number of carbonyl (C=O) groups is 1. The van der Waals surface area contributed by atoms with Crippen molar-refractivity contribution in [3.8, 4) is 0 Å². The summed E-state index contributed by atoms with van der Waals surface area (Å²) in [5.74, 6) is 1.17. The number of carbonyl (C=O) groups excluding carboxylic acids is 1. The summed E-state index contributed by atoms with van der Waals surface area (Å²) < 4.78 is 5.79. The molecule has 164 valence electrons. The molecule has 0 fully saturated rings. The van der Waals surface area contributed by atoms with Crippen LogP contribution in [0.5, 0.6) is 0 Å². The molecule has 4 rings (SSSR count). The van der Waals surface area contributed by atoms with E-state index < -0.39 is 10.9 Å². The Hall–Kier alpha value is -3.86. The van der Waals surface area contributed by atoms with Crippen molar-refractivity contribution in [3.05, 3.63) is 78.8 Å². The van der Waals surface area contributed by atoms with Crippen molar-refractivity contribution in [1.82, 2.24) is 4.90 Å². The highest BCUT2D eigenvalue weighted by Gasteiger charge is 2.34. The number of hydrogen-bond donors (Lipinski definition) is 2. The SMILES string of the molecule is [C-]#[N+]c1ccc(Nc2c(N[C@@H](c3ccc(C)o3)C(C)(C)C)c(=O)c2=O)c2c1CN(C)C2=O. The number of aryl methyl sites for hydroxylation is 1. The van der Waals surface area contributed by atoms with E-state index in [9.17, 15) is 14.4 Å². The van der Waals surface area contributed by atoms with E-state index in [-0.39, 0.29) is 28.7 Å². The summed E-state index contributed by atoms with van der Waals surface area (Å²) in [5.41, 5.74) is 0.432. The number of nitrogens with zero attached hydrogens (tertiary/aromatic N) is 2. The number of benzene rings is 1. The van der Waals surface area contributed by atoms with Crippen LogP contribution < -0.4 is 21.5 Å². The molecule has 2 N–H and O–H groups in total. The first-order chi connectivity index (χ1) is 15.0. The fraction of sp³-hybridized carbons (Fsp3) is 0.333. The predicted molar refractivity (Wildman–Crippen MR) is 122 cm³/mol.